The van der Waals surface area contributed by atoms with Crippen molar-refractivity contribution >= 4 is 5.97 Å². The summed E-state index contributed by atoms with van der Waals surface area (Å²) in [7, 11) is 0. The first-order valence-corrected chi connectivity index (χ1v) is 9.73. The first-order valence-electron chi connectivity index (χ1n) is 9.73. The van der Waals surface area contributed by atoms with E-state index in [1.165, 1.54) is 0 Å². The van der Waals surface area contributed by atoms with Gasteiger partial charge in [-0.1, -0.05) is 6.58 Å². The second kappa shape index (κ2) is 10.5. The molecule has 0 fully saturated rings. The van der Waals surface area contributed by atoms with E-state index in [9.17, 15) is 115 Å². The molecule has 0 rings (SSSR count). The second-order valence-corrected chi connectivity index (χ2v) is 8.02. The van der Waals surface area contributed by atoms with Crippen molar-refractivity contribution in [3.8, 4) is 0 Å². The Hall–Kier alpha value is -2.54. The van der Waals surface area contributed by atoms with Crippen LogP contribution in [0, 0.1) is 0 Å². The van der Waals surface area contributed by atoms with E-state index < -0.39 is 89.5 Å². The van der Waals surface area contributed by atoms with Crippen LogP contribution in [0.1, 0.15) is 6.92 Å². The third-order valence-electron chi connectivity index (χ3n) is 5.20. The van der Waals surface area contributed by atoms with Gasteiger partial charge in [0.15, 0.2) is 0 Å². The van der Waals surface area contributed by atoms with Crippen molar-refractivity contribution < 1.29 is 119 Å². The van der Waals surface area contributed by atoms with Crippen molar-refractivity contribution in [3.05, 3.63) is 12.2 Å². The lowest BCUT2D eigenvalue weighted by molar-refractivity contribution is -0.481. The van der Waals surface area contributed by atoms with Gasteiger partial charge < -0.3 is 4.74 Å². The van der Waals surface area contributed by atoms with E-state index in [0.29, 0.717) is 6.92 Å². The van der Waals surface area contributed by atoms with Crippen molar-refractivity contribution in [2.24, 2.45) is 0 Å². The number of carbonyl (C=O) groups excluding carboxylic acids is 1. The minimum absolute atomic E-state index is 0.645. The maximum absolute atomic E-state index is 13.8. The fraction of sp³-hybridized carbons (Fsp3) is 0.824. The molecule has 0 aliphatic rings. The lowest BCUT2D eigenvalue weighted by Crippen LogP contribution is -2.78. The van der Waals surface area contributed by atoms with E-state index in [-0.39, 0.29) is 0 Å². The lowest BCUT2D eigenvalue weighted by Gasteiger charge is -2.45. The quantitative estimate of drug-likeness (QED) is 0.108. The lowest BCUT2D eigenvalue weighted by atomic mass is 9.84. The molecule has 0 bridgehead atoms. The molecule has 0 unspecified atom stereocenters. The fourth-order valence-electron chi connectivity index (χ4n) is 2.49. The van der Waals surface area contributed by atoms with Crippen LogP contribution in [0.2, 0.25) is 0 Å². The van der Waals surface area contributed by atoms with E-state index in [0.717, 1.165) is 0 Å². The molecule has 0 saturated heterocycles. The Kier molecular flexibility index (Phi) is 9.89. The van der Waals surface area contributed by atoms with E-state index >= 15 is 0 Å². The molecule has 44 heavy (non-hydrogen) atoms. The molecule has 0 spiro atoms. The van der Waals surface area contributed by atoms with Gasteiger partial charge in [0.05, 0.1) is 6.61 Å². The molecular formula is C17H7F25O2. The van der Waals surface area contributed by atoms with Gasteiger partial charge in [-0.3, -0.25) is 0 Å². The predicted octanol–water partition coefficient (Wildman–Crippen LogP) is 8.66. The number of carbonyl (C=O) groups is 1. The third kappa shape index (κ3) is 4.87. The number of alkyl halides is 25. The summed E-state index contributed by atoms with van der Waals surface area (Å²) >= 11 is 0. The van der Waals surface area contributed by atoms with Gasteiger partial charge in [-0.05, 0) is 6.92 Å². The highest BCUT2D eigenvalue weighted by atomic mass is 19.4. The number of ether oxygens (including phenoxy) is 1. The molecule has 0 aromatic rings. The molecule has 27 heteroatoms. The summed E-state index contributed by atoms with van der Waals surface area (Å²) in [5.74, 6) is -103. The zero-order chi connectivity index (χ0) is 36.6. The number of halogens is 25. The van der Waals surface area contributed by atoms with Crippen LogP contribution in [0.15, 0.2) is 12.2 Å². The maximum Gasteiger partial charge on any atom is 0.460 e. The Morgan fingerprint density at radius 1 is 0.432 bits per heavy atom. The summed E-state index contributed by atoms with van der Waals surface area (Å²) in [6.45, 7) is 1.13. The highest BCUT2D eigenvalue weighted by Crippen LogP contribution is 2.68. The maximum atomic E-state index is 13.8. The van der Waals surface area contributed by atoms with Gasteiger partial charge in [0.1, 0.15) is 5.57 Å². The second-order valence-electron chi connectivity index (χ2n) is 8.02. The molecule has 0 N–H and O–H groups in total. The van der Waals surface area contributed by atoms with Crippen LogP contribution >= 0.6 is 0 Å². The van der Waals surface area contributed by atoms with Crippen molar-refractivity contribution in [2.45, 2.75) is 78.2 Å². The first-order chi connectivity index (χ1) is 18.6. The van der Waals surface area contributed by atoms with Crippen molar-refractivity contribution in [1.29, 1.82) is 0 Å². The van der Waals surface area contributed by atoms with E-state index in [2.05, 4.69) is 4.74 Å². The summed E-state index contributed by atoms with van der Waals surface area (Å²) in [5, 5.41) is 0. The average molecular weight is 718 g/mol. The zero-order valence-corrected chi connectivity index (χ0v) is 19.7. The molecule has 0 heterocycles. The van der Waals surface area contributed by atoms with Crippen LogP contribution < -0.4 is 0 Å². The van der Waals surface area contributed by atoms with Gasteiger partial charge in [-0.2, -0.15) is 110 Å². The smallest absolute Gasteiger partial charge is 0.460 e. The Bertz CT molecular complexity index is 1100. The summed E-state index contributed by atoms with van der Waals surface area (Å²) in [6.07, 6.45) is -8.20. The van der Waals surface area contributed by atoms with Gasteiger partial charge in [-0.15, -0.1) is 0 Å². The molecule has 0 atom stereocenters. The number of hydrogen-bond donors (Lipinski definition) is 0. The van der Waals surface area contributed by atoms with Crippen molar-refractivity contribution in [2.75, 3.05) is 6.61 Å². The number of rotatable bonds is 13. The van der Waals surface area contributed by atoms with Gasteiger partial charge in [-0.25, -0.2) is 4.79 Å². The minimum atomic E-state index is -9.66. The van der Waals surface area contributed by atoms with Crippen LogP contribution in [0.4, 0.5) is 110 Å². The average Bonchev–Trinajstić information content (AvgIpc) is 2.81. The van der Waals surface area contributed by atoms with Gasteiger partial charge in [0, 0.05) is 0 Å². The fourth-order valence-corrected chi connectivity index (χ4v) is 2.49. The Balaban J connectivity index is 7.38. The van der Waals surface area contributed by atoms with Gasteiger partial charge in [0.25, 0.3) is 0 Å². The monoisotopic (exact) mass is 718 g/mol. The minimum Gasteiger partial charge on any atom is -0.462 e. The normalized spacial score (nSPS) is 16.2. The number of esters is 1. The Labute approximate surface area is 223 Å². The van der Waals surface area contributed by atoms with Crippen molar-refractivity contribution in [1.82, 2.24) is 0 Å². The van der Waals surface area contributed by atoms with Crippen LogP contribution in [0.5, 0.6) is 0 Å². The standard InChI is InChI=1S/C17H7F25O2/c1-3-44-5(43)4(2)6(18,19)7(20,21)8(22,23)9(24,25)10(26,27)11(28,29)12(30,31)13(32,33)14(34,35)15(36,37)16(38,39)17(40,41)42/h2-3H2,1H3. The van der Waals surface area contributed by atoms with Crippen LogP contribution in [0.25, 0.3) is 0 Å². The van der Waals surface area contributed by atoms with Gasteiger partial charge >= 0.3 is 77.3 Å². The van der Waals surface area contributed by atoms with Crippen LogP contribution in [-0.2, 0) is 9.53 Å². The Morgan fingerprint density at radius 2 is 0.636 bits per heavy atom. The predicted molar refractivity (Wildman–Crippen MR) is 86.2 cm³/mol. The molecule has 0 aromatic heterocycles. The molecule has 2 nitrogen and oxygen atoms in total. The summed E-state index contributed by atoms with van der Waals surface area (Å²) in [5.41, 5.74) is -3.39. The van der Waals surface area contributed by atoms with Crippen LogP contribution in [-0.4, -0.2) is 83.9 Å². The molecule has 0 aliphatic heterocycles. The number of hydrogen-bond acceptors (Lipinski definition) is 2. The SMILES string of the molecule is C=C(C(=O)OCC)C(F)(F)C(F)(F)C(F)(F)C(F)(F)C(F)(F)C(F)(F)C(F)(F)C(F)(F)C(F)(F)C(F)(F)C(F)(F)C(F)(F)F. The topological polar surface area (TPSA) is 26.3 Å². The Morgan fingerprint density at radius 3 is 0.841 bits per heavy atom. The molecule has 0 saturated carbocycles. The molecule has 262 valence electrons. The van der Waals surface area contributed by atoms with Crippen LogP contribution in [0.3, 0.4) is 0 Å². The van der Waals surface area contributed by atoms with Gasteiger partial charge in [0.2, 0.25) is 0 Å². The summed E-state index contributed by atoms with van der Waals surface area (Å²) in [6, 6.07) is 0. The first kappa shape index (κ1) is 41.5. The highest BCUT2D eigenvalue weighted by Gasteiger charge is 2.99. The summed E-state index contributed by atoms with van der Waals surface area (Å²) < 4.78 is 338. The summed E-state index contributed by atoms with van der Waals surface area (Å²) in [4.78, 5) is 11.0. The molecule has 0 aliphatic carbocycles. The molecule has 0 radical (unpaired) electrons. The van der Waals surface area contributed by atoms with Crippen molar-refractivity contribution in [3.63, 3.8) is 0 Å². The zero-order valence-electron chi connectivity index (χ0n) is 19.7. The third-order valence-corrected chi connectivity index (χ3v) is 5.20. The molecule has 0 amide bonds. The molecule has 0 aromatic carbocycles. The van der Waals surface area contributed by atoms with E-state index in [1.54, 1.807) is 6.58 Å². The largest absolute Gasteiger partial charge is 0.462 e. The highest BCUT2D eigenvalue weighted by molar-refractivity contribution is 5.90. The van der Waals surface area contributed by atoms with E-state index in [4.69, 9.17) is 0 Å². The molecular weight excluding hydrogens is 711 g/mol. The van der Waals surface area contributed by atoms with E-state index in [1.807, 2.05) is 0 Å².